The minimum Gasteiger partial charge on any atom is -0.478 e. The standard InChI is InChI=1S/C22H26FN3O3/c1-14(2)19-13-25(21-18(22(28)29)9-4-15(3)24-21)11-10-20(27)26(19)12-16-5-7-17(23)8-6-16/h4-9,14,19H,10-13H2,1-3H3,(H,28,29)/t19-/m1/s1. The van der Waals surface area contributed by atoms with Crippen molar-refractivity contribution in [1.82, 2.24) is 9.88 Å². The highest BCUT2D eigenvalue weighted by Gasteiger charge is 2.33. The van der Waals surface area contributed by atoms with Crippen LogP contribution in [0.25, 0.3) is 0 Å². The van der Waals surface area contributed by atoms with Crippen molar-refractivity contribution in [3.8, 4) is 0 Å². The van der Waals surface area contributed by atoms with Crippen LogP contribution in [0.15, 0.2) is 36.4 Å². The highest BCUT2D eigenvalue weighted by Crippen LogP contribution is 2.26. The van der Waals surface area contributed by atoms with Crippen molar-refractivity contribution < 1.29 is 19.1 Å². The number of pyridine rings is 1. The van der Waals surface area contributed by atoms with E-state index in [0.29, 0.717) is 25.5 Å². The Labute approximate surface area is 170 Å². The Morgan fingerprint density at radius 2 is 1.93 bits per heavy atom. The second-order valence-electron chi connectivity index (χ2n) is 7.78. The minimum atomic E-state index is -1.03. The number of hydrogen-bond donors (Lipinski definition) is 1. The van der Waals surface area contributed by atoms with Crippen LogP contribution in [-0.4, -0.2) is 46.0 Å². The van der Waals surface area contributed by atoms with E-state index in [4.69, 9.17) is 0 Å². The van der Waals surface area contributed by atoms with Gasteiger partial charge in [0, 0.05) is 31.7 Å². The van der Waals surface area contributed by atoms with E-state index in [2.05, 4.69) is 4.98 Å². The highest BCUT2D eigenvalue weighted by molar-refractivity contribution is 5.93. The molecule has 1 N–H and O–H groups in total. The summed E-state index contributed by atoms with van der Waals surface area (Å²) >= 11 is 0. The van der Waals surface area contributed by atoms with Crippen molar-refractivity contribution in [2.45, 2.75) is 39.8 Å². The first-order valence-corrected chi connectivity index (χ1v) is 9.76. The van der Waals surface area contributed by atoms with Crippen molar-refractivity contribution >= 4 is 17.7 Å². The van der Waals surface area contributed by atoms with E-state index in [-0.39, 0.29) is 35.7 Å². The van der Waals surface area contributed by atoms with Gasteiger partial charge in [-0.25, -0.2) is 14.2 Å². The molecule has 0 bridgehead atoms. The molecule has 1 aliphatic rings. The molecule has 2 heterocycles. The van der Waals surface area contributed by atoms with E-state index in [9.17, 15) is 19.1 Å². The third-order valence-corrected chi connectivity index (χ3v) is 5.30. The van der Waals surface area contributed by atoms with E-state index < -0.39 is 5.97 Å². The quantitative estimate of drug-likeness (QED) is 0.833. The van der Waals surface area contributed by atoms with E-state index in [0.717, 1.165) is 11.3 Å². The van der Waals surface area contributed by atoms with Crippen LogP contribution in [0.1, 0.15) is 41.9 Å². The summed E-state index contributed by atoms with van der Waals surface area (Å²) < 4.78 is 13.2. The number of hydrogen-bond acceptors (Lipinski definition) is 4. The Morgan fingerprint density at radius 3 is 2.55 bits per heavy atom. The molecule has 1 fully saturated rings. The average molecular weight is 399 g/mol. The van der Waals surface area contributed by atoms with Gasteiger partial charge in [-0.05, 0) is 42.7 Å². The average Bonchev–Trinajstić information content (AvgIpc) is 2.83. The second kappa shape index (κ2) is 8.59. The lowest BCUT2D eigenvalue weighted by molar-refractivity contribution is -0.134. The van der Waals surface area contributed by atoms with Crippen molar-refractivity contribution in [1.29, 1.82) is 0 Å². The van der Waals surface area contributed by atoms with Crippen LogP contribution in [0.5, 0.6) is 0 Å². The lowest BCUT2D eigenvalue weighted by atomic mass is 10.0. The first-order chi connectivity index (χ1) is 13.8. The van der Waals surface area contributed by atoms with Gasteiger partial charge in [0.15, 0.2) is 0 Å². The van der Waals surface area contributed by atoms with Crippen molar-refractivity contribution in [2.75, 3.05) is 18.0 Å². The molecule has 0 unspecified atom stereocenters. The zero-order chi connectivity index (χ0) is 21.1. The van der Waals surface area contributed by atoms with Gasteiger partial charge in [-0.3, -0.25) is 4.79 Å². The summed E-state index contributed by atoms with van der Waals surface area (Å²) in [6.07, 6.45) is 0.263. The molecule has 1 aliphatic heterocycles. The van der Waals surface area contributed by atoms with Gasteiger partial charge >= 0.3 is 5.97 Å². The van der Waals surface area contributed by atoms with E-state index in [1.54, 1.807) is 24.3 Å². The Kier molecular flexibility index (Phi) is 6.15. The highest BCUT2D eigenvalue weighted by atomic mass is 19.1. The SMILES string of the molecule is Cc1ccc(C(=O)O)c(N2CCC(=O)N(Cc3ccc(F)cc3)[C@@H](C(C)C)C2)n1. The van der Waals surface area contributed by atoms with Crippen LogP contribution in [-0.2, 0) is 11.3 Å². The topological polar surface area (TPSA) is 73.7 Å². The number of carboxylic acid groups (broad SMARTS) is 1. The van der Waals surface area contributed by atoms with Crippen molar-refractivity contribution in [2.24, 2.45) is 5.92 Å². The number of nitrogens with zero attached hydrogens (tertiary/aromatic N) is 3. The monoisotopic (exact) mass is 399 g/mol. The number of rotatable bonds is 5. The molecule has 1 saturated heterocycles. The first-order valence-electron chi connectivity index (χ1n) is 9.76. The summed E-state index contributed by atoms with van der Waals surface area (Å²) in [5.41, 5.74) is 1.72. The molecular formula is C22H26FN3O3. The maximum atomic E-state index is 13.2. The Balaban J connectivity index is 1.93. The van der Waals surface area contributed by atoms with Gasteiger partial charge in [-0.1, -0.05) is 26.0 Å². The molecule has 0 aliphatic carbocycles. The molecule has 3 rings (SSSR count). The number of anilines is 1. The van der Waals surface area contributed by atoms with Crippen molar-refractivity contribution in [3.05, 3.63) is 59.0 Å². The van der Waals surface area contributed by atoms with E-state index in [1.165, 1.54) is 12.1 Å². The van der Waals surface area contributed by atoms with Gasteiger partial charge in [0.2, 0.25) is 5.91 Å². The molecular weight excluding hydrogens is 373 g/mol. The first kappa shape index (κ1) is 20.8. The third kappa shape index (κ3) is 4.72. The van der Waals surface area contributed by atoms with Crippen LogP contribution >= 0.6 is 0 Å². The van der Waals surface area contributed by atoms with E-state index in [1.807, 2.05) is 30.6 Å². The number of amides is 1. The molecule has 154 valence electrons. The number of aryl methyl sites for hydroxylation is 1. The Hall–Kier alpha value is -2.96. The maximum absolute atomic E-state index is 13.2. The molecule has 1 atom stereocenters. The summed E-state index contributed by atoms with van der Waals surface area (Å²) in [5, 5.41) is 9.58. The predicted molar refractivity (Wildman–Crippen MR) is 108 cm³/mol. The maximum Gasteiger partial charge on any atom is 0.339 e. The molecule has 0 radical (unpaired) electrons. The molecule has 0 saturated carbocycles. The number of benzene rings is 1. The van der Waals surface area contributed by atoms with Gasteiger partial charge in [-0.2, -0.15) is 0 Å². The molecule has 29 heavy (non-hydrogen) atoms. The number of carbonyl (C=O) groups is 2. The van der Waals surface area contributed by atoms with Crippen LogP contribution in [0, 0.1) is 18.7 Å². The summed E-state index contributed by atoms with van der Waals surface area (Å²) in [6, 6.07) is 9.28. The predicted octanol–water partition coefficient (Wildman–Crippen LogP) is 3.49. The zero-order valence-corrected chi connectivity index (χ0v) is 16.9. The molecule has 1 aromatic heterocycles. The number of carboxylic acids is 1. The van der Waals surface area contributed by atoms with Crippen molar-refractivity contribution in [3.63, 3.8) is 0 Å². The fourth-order valence-corrected chi connectivity index (χ4v) is 3.68. The normalized spacial score (nSPS) is 17.6. The van der Waals surface area contributed by atoms with Gasteiger partial charge in [-0.15, -0.1) is 0 Å². The lowest BCUT2D eigenvalue weighted by Gasteiger charge is -2.35. The second-order valence-corrected chi connectivity index (χ2v) is 7.78. The van der Waals surface area contributed by atoms with Crippen LogP contribution in [0.3, 0.4) is 0 Å². The van der Waals surface area contributed by atoms with Crippen LogP contribution in [0.4, 0.5) is 10.2 Å². The fraction of sp³-hybridized carbons (Fsp3) is 0.409. The summed E-state index contributed by atoms with van der Waals surface area (Å²) in [4.78, 5) is 32.9. The van der Waals surface area contributed by atoms with Gasteiger partial charge in [0.1, 0.15) is 17.2 Å². The minimum absolute atomic E-state index is 0.0000491. The summed E-state index contributed by atoms with van der Waals surface area (Å²) in [5.74, 6) is -0.792. The molecule has 1 amide bonds. The van der Waals surface area contributed by atoms with Crippen LogP contribution < -0.4 is 4.90 Å². The molecule has 6 nitrogen and oxygen atoms in total. The van der Waals surface area contributed by atoms with Gasteiger partial charge in [0.25, 0.3) is 0 Å². The Morgan fingerprint density at radius 1 is 1.24 bits per heavy atom. The molecule has 1 aromatic carbocycles. The summed E-state index contributed by atoms with van der Waals surface area (Å²) in [7, 11) is 0. The number of aromatic nitrogens is 1. The fourth-order valence-electron chi connectivity index (χ4n) is 3.68. The summed E-state index contributed by atoms with van der Waals surface area (Å²) in [6.45, 7) is 7.18. The number of carbonyl (C=O) groups excluding carboxylic acids is 1. The largest absolute Gasteiger partial charge is 0.478 e. The number of aromatic carboxylic acids is 1. The third-order valence-electron chi connectivity index (χ3n) is 5.30. The Bertz CT molecular complexity index is 899. The zero-order valence-electron chi connectivity index (χ0n) is 16.9. The van der Waals surface area contributed by atoms with Gasteiger partial charge in [0.05, 0.1) is 6.04 Å². The lowest BCUT2D eigenvalue weighted by Crippen LogP contribution is -2.46. The molecule has 0 spiro atoms. The van der Waals surface area contributed by atoms with Crippen LogP contribution in [0.2, 0.25) is 0 Å². The van der Waals surface area contributed by atoms with E-state index >= 15 is 0 Å². The molecule has 2 aromatic rings. The smallest absolute Gasteiger partial charge is 0.339 e. The molecule has 7 heteroatoms. The number of halogens is 1. The van der Waals surface area contributed by atoms with Gasteiger partial charge < -0.3 is 14.9 Å².